The number of hydrogen-bond acceptors (Lipinski definition) is 3. The minimum Gasteiger partial charge on any atom is -0.508 e. The largest absolute Gasteiger partial charge is 0.508 e. The van der Waals surface area contributed by atoms with Crippen LogP contribution in [0.4, 0.5) is 0 Å². The fourth-order valence-corrected chi connectivity index (χ4v) is 2.80. The smallest absolute Gasteiger partial charge is 0.181 e. The molecule has 3 heteroatoms. The molecular formula is C24H26O3. The maximum Gasteiger partial charge on any atom is 0.181 e. The van der Waals surface area contributed by atoms with Crippen LogP contribution in [0.1, 0.15) is 57.1 Å². The third kappa shape index (κ3) is 6.17. The van der Waals surface area contributed by atoms with Gasteiger partial charge < -0.3 is 10.2 Å². The van der Waals surface area contributed by atoms with Crippen molar-refractivity contribution in [1.82, 2.24) is 0 Å². The van der Waals surface area contributed by atoms with Crippen LogP contribution in [-0.4, -0.2) is 21.6 Å². The predicted molar refractivity (Wildman–Crippen MR) is 108 cm³/mol. The lowest BCUT2D eigenvalue weighted by Gasteiger charge is -2.19. The number of rotatable bonds is 6. The number of benzene rings is 1. The number of hydrogen-bond donors (Lipinski definition) is 2. The van der Waals surface area contributed by atoms with Gasteiger partial charge in [0.1, 0.15) is 5.75 Å². The minimum atomic E-state index is -1.45. The van der Waals surface area contributed by atoms with Gasteiger partial charge in [-0.1, -0.05) is 32.6 Å². The van der Waals surface area contributed by atoms with Crippen LogP contribution < -0.4 is 0 Å². The van der Waals surface area contributed by atoms with E-state index in [2.05, 4.69) is 37.5 Å². The van der Waals surface area contributed by atoms with E-state index in [9.17, 15) is 15.0 Å². The van der Waals surface area contributed by atoms with Crippen molar-refractivity contribution in [2.45, 2.75) is 58.0 Å². The van der Waals surface area contributed by atoms with Crippen molar-refractivity contribution in [2.75, 3.05) is 0 Å². The van der Waals surface area contributed by atoms with Crippen molar-refractivity contribution in [3.8, 4) is 29.4 Å². The van der Waals surface area contributed by atoms with Gasteiger partial charge in [0.25, 0.3) is 0 Å². The van der Waals surface area contributed by atoms with E-state index in [1.165, 1.54) is 18.2 Å². The van der Waals surface area contributed by atoms with Crippen molar-refractivity contribution < 1.29 is 15.0 Å². The lowest BCUT2D eigenvalue weighted by atomic mass is 9.90. The summed E-state index contributed by atoms with van der Waals surface area (Å²) in [7, 11) is 0. The first-order valence-electron chi connectivity index (χ1n) is 9.50. The molecule has 2 rings (SSSR count). The van der Waals surface area contributed by atoms with Crippen molar-refractivity contribution in [3.05, 3.63) is 53.1 Å². The van der Waals surface area contributed by atoms with Crippen LogP contribution in [0, 0.1) is 23.7 Å². The molecule has 0 aliphatic heterocycles. The molecule has 0 radical (unpaired) electrons. The number of phenols is 1. The van der Waals surface area contributed by atoms with Crippen LogP contribution in [0.25, 0.3) is 0 Å². The Morgan fingerprint density at radius 2 is 1.81 bits per heavy atom. The van der Waals surface area contributed by atoms with E-state index in [1.54, 1.807) is 12.1 Å². The Morgan fingerprint density at radius 1 is 1.07 bits per heavy atom. The lowest BCUT2D eigenvalue weighted by Crippen LogP contribution is -2.25. The second-order valence-corrected chi connectivity index (χ2v) is 6.74. The van der Waals surface area contributed by atoms with Gasteiger partial charge in [0, 0.05) is 5.56 Å². The summed E-state index contributed by atoms with van der Waals surface area (Å²) in [5.41, 5.74) is 0.803. The maximum atomic E-state index is 11.9. The lowest BCUT2D eigenvalue weighted by molar-refractivity contribution is -0.111. The topological polar surface area (TPSA) is 57.5 Å². The molecule has 1 atom stereocenters. The van der Waals surface area contributed by atoms with Crippen LogP contribution in [-0.2, 0) is 11.2 Å². The number of phenolic OH excluding ortho intramolecular Hbond substituents is 1. The molecule has 1 aromatic carbocycles. The highest BCUT2D eigenvalue weighted by atomic mass is 16.3. The van der Waals surface area contributed by atoms with E-state index in [1.807, 2.05) is 6.07 Å². The molecule has 0 bridgehead atoms. The SMILES string of the molecule is CCCCC1=CC(O)(C#CC#Cc2ccc(O)c(CCCC)c2)C=CC1=O. The summed E-state index contributed by atoms with van der Waals surface area (Å²) in [6, 6.07) is 5.26. The van der Waals surface area contributed by atoms with Gasteiger partial charge in [-0.15, -0.1) is 0 Å². The highest BCUT2D eigenvalue weighted by Crippen LogP contribution is 2.22. The van der Waals surface area contributed by atoms with Crippen molar-refractivity contribution in [1.29, 1.82) is 0 Å². The second-order valence-electron chi connectivity index (χ2n) is 6.74. The normalized spacial score (nSPS) is 18.2. The Morgan fingerprint density at radius 3 is 2.56 bits per heavy atom. The Hall–Kier alpha value is -2.75. The van der Waals surface area contributed by atoms with Crippen LogP contribution in [0.15, 0.2) is 42.0 Å². The van der Waals surface area contributed by atoms with E-state index in [-0.39, 0.29) is 11.5 Å². The van der Waals surface area contributed by atoms with Crippen molar-refractivity contribution in [3.63, 3.8) is 0 Å². The molecule has 0 saturated heterocycles. The molecule has 0 heterocycles. The van der Waals surface area contributed by atoms with Crippen LogP contribution in [0.2, 0.25) is 0 Å². The molecule has 0 saturated carbocycles. The minimum absolute atomic E-state index is 0.0651. The van der Waals surface area contributed by atoms with Crippen LogP contribution in [0.3, 0.4) is 0 Å². The van der Waals surface area contributed by atoms with Gasteiger partial charge in [0.2, 0.25) is 0 Å². The first-order chi connectivity index (χ1) is 13.0. The van der Waals surface area contributed by atoms with Crippen LogP contribution >= 0.6 is 0 Å². The van der Waals surface area contributed by atoms with E-state index < -0.39 is 5.60 Å². The Bertz CT molecular complexity index is 868. The molecule has 2 N–H and O–H groups in total. The number of carbonyl (C=O) groups excluding carboxylic acids is 1. The third-order valence-electron chi connectivity index (χ3n) is 4.41. The molecule has 27 heavy (non-hydrogen) atoms. The molecule has 0 spiro atoms. The fourth-order valence-electron chi connectivity index (χ4n) is 2.80. The Balaban J connectivity index is 2.14. The monoisotopic (exact) mass is 362 g/mol. The summed E-state index contributed by atoms with van der Waals surface area (Å²) in [6.45, 7) is 4.17. The van der Waals surface area contributed by atoms with Crippen molar-refractivity contribution in [2.24, 2.45) is 0 Å². The molecule has 140 valence electrons. The summed E-state index contributed by atoms with van der Waals surface area (Å²) in [5.74, 6) is 11.3. The summed E-state index contributed by atoms with van der Waals surface area (Å²) in [4.78, 5) is 11.9. The highest BCUT2D eigenvalue weighted by molar-refractivity contribution is 6.05. The van der Waals surface area contributed by atoms with E-state index >= 15 is 0 Å². The second kappa shape index (κ2) is 9.81. The first kappa shape index (κ1) is 20.6. The molecular weight excluding hydrogens is 336 g/mol. The molecule has 0 amide bonds. The fraction of sp³-hybridized carbons (Fsp3) is 0.375. The van der Waals surface area contributed by atoms with Gasteiger partial charge in [-0.05, 0) is 91.0 Å². The number of unbranched alkanes of at least 4 members (excludes halogenated alkanes) is 2. The number of aromatic hydroxyl groups is 1. The number of ketones is 1. The zero-order valence-corrected chi connectivity index (χ0v) is 16.0. The summed E-state index contributed by atoms with van der Waals surface area (Å²) in [5, 5.41) is 20.4. The number of aliphatic hydroxyl groups is 1. The Kier molecular flexibility index (Phi) is 7.47. The number of carbonyl (C=O) groups is 1. The highest BCUT2D eigenvalue weighted by Gasteiger charge is 2.24. The molecule has 1 aromatic rings. The maximum absolute atomic E-state index is 11.9. The number of allylic oxidation sites excluding steroid dienone is 2. The van der Waals surface area contributed by atoms with Gasteiger partial charge in [-0.25, -0.2) is 0 Å². The average Bonchev–Trinajstić information content (AvgIpc) is 2.66. The van der Waals surface area contributed by atoms with E-state index in [0.29, 0.717) is 12.0 Å². The first-order valence-corrected chi connectivity index (χ1v) is 9.50. The van der Waals surface area contributed by atoms with Crippen molar-refractivity contribution >= 4 is 5.78 Å². The standard InChI is InChI=1S/C24H26O3/c1-3-5-10-20-17-19(12-13-22(20)25)9-7-8-15-24(27)16-14-23(26)21(18-24)11-6-4-2/h12-14,16-18,25,27H,3-6,10-11H2,1-2H3. The third-order valence-corrected chi connectivity index (χ3v) is 4.41. The molecule has 1 aliphatic rings. The summed E-state index contributed by atoms with van der Waals surface area (Å²) >= 11 is 0. The van der Waals surface area contributed by atoms with Gasteiger partial charge in [0.05, 0.1) is 0 Å². The molecule has 1 unspecified atom stereocenters. The van der Waals surface area contributed by atoms with Gasteiger partial charge >= 0.3 is 0 Å². The predicted octanol–water partition coefficient (Wildman–Crippen LogP) is 4.08. The van der Waals surface area contributed by atoms with Gasteiger partial charge in [0.15, 0.2) is 11.4 Å². The van der Waals surface area contributed by atoms with E-state index in [0.717, 1.165) is 43.2 Å². The quantitative estimate of drug-likeness (QED) is 0.750. The molecule has 0 aromatic heterocycles. The van der Waals surface area contributed by atoms with Gasteiger partial charge in [-0.3, -0.25) is 4.79 Å². The van der Waals surface area contributed by atoms with Crippen LogP contribution in [0.5, 0.6) is 5.75 Å². The average molecular weight is 362 g/mol. The molecule has 0 fully saturated rings. The number of aryl methyl sites for hydroxylation is 1. The van der Waals surface area contributed by atoms with E-state index in [4.69, 9.17) is 0 Å². The molecule has 1 aliphatic carbocycles. The summed E-state index contributed by atoms with van der Waals surface area (Å²) in [6.07, 6.45) is 9.72. The Labute approximate surface area is 161 Å². The van der Waals surface area contributed by atoms with Gasteiger partial charge in [-0.2, -0.15) is 0 Å². The summed E-state index contributed by atoms with van der Waals surface area (Å²) < 4.78 is 0. The zero-order chi connectivity index (χ0) is 19.7. The zero-order valence-electron chi connectivity index (χ0n) is 16.0. The molecule has 3 nitrogen and oxygen atoms in total.